The predicted octanol–water partition coefficient (Wildman–Crippen LogP) is 7.06. The van der Waals surface area contributed by atoms with Crippen LogP contribution in [-0.2, 0) is 0 Å². The molecule has 1 nitrogen and oxygen atoms in total. The highest BCUT2D eigenvalue weighted by molar-refractivity contribution is 5.84. The van der Waals surface area contributed by atoms with Crippen LogP contribution >= 0.6 is 0 Å². The zero-order valence-electron chi connectivity index (χ0n) is 15.1. The first-order valence-corrected chi connectivity index (χ1v) is 9.67. The fourth-order valence-corrected chi connectivity index (χ4v) is 5.12. The van der Waals surface area contributed by atoms with Gasteiger partial charge in [0.1, 0.15) is 5.75 Å². The maximum absolute atomic E-state index is 12.4. The van der Waals surface area contributed by atoms with E-state index in [9.17, 15) is 13.2 Å². The molecule has 140 valence electrons. The molecule has 0 radical (unpaired) electrons. The molecule has 2 aliphatic rings. The Kier molecular flexibility index (Phi) is 4.62. The lowest BCUT2D eigenvalue weighted by atomic mass is 9.64. The van der Waals surface area contributed by atoms with E-state index in [-0.39, 0.29) is 5.75 Å². The molecule has 26 heavy (non-hydrogen) atoms. The number of hydrogen-bond donors (Lipinski definition) is 0. The normalized spacial score (nSPS) is 29.4. The van der Waals surface area contributed by atoms with Crippen molar-refractivity contribution in [2.45, 2.75) is 57.7 Å². The quantitative estimate of drug-likeness (QED) is 0.556. The van der Waals surface area contributed by atoms with Gasteiger partial charge in [-0.3, -0.25) is 0 Å². The van der Waals surface area contributed by atoms with Crippen molar-refractivity contribution < 1.29 is 17.9 Å². The summed E-state index contributed by atoms with van der Waals surface area (Å²) in [5.74, 6) is 3.05. The van der Waals surface area contributed by atoms with Gasteiger partial charge in [-0.25, -0.2) is 0 Å². The molecule has 0 spiro atoms. The van der Waals surface area contributed by atoms with Crippen LogP contribution in [0.1, 0.15) is 56.9 Å². The Morgan fingerprint density at radius 1 is 0.846 bits per heavy atom. The summed E-state index contributed by atoms with van der Waals surface area (Å²) in [5, 5.41) is 1.77. The third-order valence-electron chi connectivity index (χ3n) is 6.42. The SMILES string of the molecule is C[C@@H]1CC[C@@H]2CC(c3ccc4cc(OC(F)(F)F)ccc4c3)CCC2C1. The minimum absolute atomic E-state index is 0.158. The predicted molar refractivity (Wildman–Crippen MR) is 97.2 cm³/mol. The maximum Gasteiger partial charge on any atom is 0.573 e. The molecule has 2 aliphatic carbocycles. The molecular formula is C22H25F3O. The average molecular weight is 362 g/mol. The average Bonchev–Trinajstić information content (AvgIpc) is 2.59. The molecule has 4 rings (SSSR count). The van der Waals surface area contributed by atoms with Gasteiger partial charge in [0.15, 0.2) is 0 Å². The molecular weight excluding hydrogens is 337 g/mol. The van der Waals surface area contributed by atoms with Crippen molar-refractivity contribution in [1.82, 2.24) is 0 Å². The van der Waals surface area contributed by atoms with Crippen molar-refractivity contribution in [3.8, 4) is 5.75 Å². The summed E-state index contributed by atoms with van der Waals surface area (Å²) in [6, 6.07) is 10.8. The molecule has 0 amide bonds. The lowest BCUT2D eigenvalue weighted by Gasteiger charge is -2.41. The van der Waals surface area contributed by atoms with E-state index in [0.29, 0.717) is 5.92 Å². The van der Waals surface area contributed by atoms with Crippen molar-refractivity contribution in [1.29, 1.82) is 0 Å². The summed E-state index contributed by atoms with van der Waals surface area (Å²) in [6.45, 7) is 2.38. The van der Waals surface area contributed by atoms with Gasteiger partial charge in [-0.2, -0.15) is 0 Å². The number of alkyl halides is 3. The second kappa shape index (κ2) is 6.79. The van der Waals surface area contributed by atoms with Gasteiger partial charge >= 0.3 is 6.36 Å². The first-order valence-electron chi connectivity index (χ1n) is 9.67. The van der Waals surface area contributed by atoms with Crippen LogP contribution < -0.4 is 4.74 Å². The van der Waals surface area contributed by atoms with Crippen LogP contribution in [0.5, 0.6) is 5.75 Å². The van der Waals surface area contributed by atoms with Gasteiger partial charge in [0.25, 0.3) is 0 Å². The fraction of sp³-hybridized carbons (Fsp3) is 0.545. The van der Waals surface area contributed by atoms with Crippen molar-refractivity contribution in [3.63, 3.8) is 0 Å². The number of fused-ring (bicyclic) bond motifs is 2. The zero-order chi connectivity index (χ0) is 18.3. The maximum atomic E-state index is 12.4. The smallest absolute Gasteiger partial charge is 0.406 e. The summed E-state index contributed by atoms with van der Waals surface area (Å²) in [6.07, 6.45) is 3.26. The van der Waals surface area contributed by atoms with Crippen molar-refractivity contribution in [3.05, 3.63) is 42.0 Å². The number of rotatable bonds is 2. The molecule has 2 unspecified atom stereocenters. The number of ether oxygens (including phenoxy) is 1. The molecule has 2 saturated carbocycles. The molecule has 0 N–H and O–H groups in total. The zero-order valence-corrected chi connectivity index (χ0v) is 15.1. The third kappa shape index (κ3) is 3.84. The third-order valence-corrected chi connectivity index (χ3v) is 6.42. The second-order valence-electron chi connectivity index (χ2n) is 8.26. The molecule has 2 aromatic rings. The summed E-state index contributed by atoms with van der Waals surface area (Å²) < 4.78 is 41.2. The molecule has 4 heteroatoms. The van der Waals surface area contributed by atoms with Crippen LogP contribution in [0, 0.1) is 17.8 Å². The van der Waals surface area contributed by atoms with E-state index in [1.165, 1.54) is 56.2 Å². The molecule has 0 saturated heterocycles. The number of halogens is 3. The van der Waals surface area contributed by atoms with Crippen LogP contribution in [0.4, 0.5) is 13.2 Å². The fourth-order valence-electron chi connectivity index (χ4n) is 5.12. The van der Waals surface area contributed by atoms with Crippen LogP contribution in [0.2, 0.25) is 0 Å². The van der Waals surface area contributed by atoms with Crippen LogP contribution in [0.3, 0.4) is 0 Å². The highest BCUT2D eigenvalue weighted by Gasteiger charge is 2.35. The second-order valence-corrected chi connectivity index (χ2v) is 8.26. The topological polar surface area (TPSA) is 9.23 Å². The highest BCUT2D eigenvalue weighted by Crippen LogP contribution is 2.47. The number of benzene rings is 2. The molecule has 0 bridgehead atoms. The first kappa shape index (κ1) is 17.7. The van der Waals surface area contributed by atoms with Gasteiger partial charge in [-0.15, -0.1) is 13.2 Å². The molecule has 4 atom stereocenters. The Morgan fingerprint density at radius 3 is 2.35 bits per heavy atom. The van der Waals surface area contributed by atoms with Crippen molar-refractivity contribution in [2.24, 2.45) is 17.8 Å². The largest absolute Gasteiger partial charge is 0.573 e. The Balaban J connectivity index is 1.51. The Morgan fingerprint density at radius 2 is 1.54 bits per heavy atom. The van der Waals surface area contributed by atoms with Crippen molar-refractivity contribution >= 4 is 10.8 Å². The van der Waals surface area contributed by atoms with E-state index in [4.69, 9.17) is 0 Å². The Bertz CT molecular complexity index is 783. The first-order chi connectivity index (χ1) is 12.4. The molecule has 2 fully saturated rings. The van der Waals surface area contributed by atoms with E-state index in [1.54, 1.807) is 6.07 Å². The van der Waals surface area contributed by atoms with Crippen LogP contribution in [-0.4, -0.2) is 6.36 Å². The monoisotopic (exact) mass is 362 g/mol. The Hall–Kier alpha value is -1.71. The lowest BCUT2D eigenvalue weighted by Crippen LogP contribution is -2.29. The van der Waals surface area contributed by atoms with Gasteiger partial charge in [0, 0.05) is 0 Å². The Labute approximate surface area is 152 Å². The van der Waals surface area contributed by atoms with Gasteiger partial charge in [-0.1, -0.05) is 37.6 Å². The molecule has 2 aromatic carbocycles. The molecule has 0 heterocycles. The van der Waals surface area contributed by atoms with Crippen LogP contribution in [0.25, 0.3) is 10.8 Å². The van der Waals surface area contributed by atoms with Crippen LogP contribution in [0.15, 0.2) is 36.4 Å². The van der Waals surface area contributed by atoms with Gasteiger partial charge in [0.2, 0.25) is 0 Å². The summed E-state index contributed by atoms with van der Waals surface area (Å²) in [5.41, 5.74) is 1.33. The van der Waals surface area contributed by atoms with E-state index >= 15 is 0 Å². The summed E-state index contributed by atoms with van der Waals surface area (Å²) >= 11 is 0. The van der Waals surface area contributed by atoms with Gasteiger partial charge in [0.05, 0.1) is 0 Å². The van der Waals surface area contributed by atoms with Gasteiger partial charge < -0.3 is 4.74 Å². The molecule has 0 aliphatic heterocycles. The van der Waals surface area contributed by atoms with Gasteiger partial charge in [-0.05, 0) is 84.2 Å². The van der Waals surface area contributed by atoms with E-state index in [1.807, 2.05) is 6.07 Å². The summed E-state index contributed by atoms with van der Waals surface area (Å²) in [4.78, 5) is 0. The number of hydrogen-bond acceptors (Lipinski definition) is 1. The van der Waals surface area contributed by atoms with Crippen molar-refractivity contribution in [2.75, 3.05) is 0 Å². The van der Waals surface area contributed by atoms with E-state index in [2.05, 4.69) is 23.8 Å². The van der Waals surface area contributed by atoms with E-state index in [0.717, 1.165) is 28.5 Å². The summed E-state index contributed by atoms with van der Waals surface area (Å²) in [7, 11) is 0. The van der Waals surface area contributed by atoms with E-state index < -0.39 is 6.36 Å². The highest BCUT2D eigenvalue weighted by atomic mass is 19.4. The standard InChI is InChI=1S/C22H25F3O/c1-14-2-3-16-11-17(5-4-15(16)10-14)18-6-7-20-13-21(26-22(23,24)25)9-8-19(20)12-18/h6-9,12-17H,2-5,10-11H2,1H3/t14-,15?,16-,17?/m1/s1. The minimum atomic E-state index is -4.65. The minimum Gasteiger partial charge on any atom is -0.406 e. The lowest BCUT2D eigenvalue weighted by molar-refractivity contribution is -0.274. The molecule has 0 aromatic heterocycles.